The van der Waals surface area contributed by atoms with Crippen LogP contribution in [0.3, 0.4) is 0 Å². The second-order valence-corrected chi connectivity index (χ2v) is 20.2. The lowest BCUT2D eigenvalue weighted by atomic mass is 9.98. The van der Waals surface area contributed by atoms with E-state index < -0.39 is 20.0 Å². The molecule has 336 valence electrons. The van der Waals surface area contributed by atoms with Crippen LogP contribution in [-0.2, 0) is 29.6 Å². The number of carbonyl (C=O) groups is 2. The van der Waals surface area contributed by atoms with Gasteiger partial charge in [0, 0.05) is 118 Å². The number of amides is 2. The molecule has 8 rings (SSSR count). The number of fused-ring (bicyclic) bond motifs is 2. The molecule has 0 aromatic carbocycles. The minimum absolute atomic E-state index is 0.0786. The average molecular weight is 919 g/mol. The molecular formula is C43H46N14O6S2. The molecule has 3 atom stereocenters. The third kappa shape index (κ3) is 9.41. The number of likely N-dealkylation sites (tertiary alicyclic amines) is 2. The van der Waals surface area contributed by atoms with Crippen molar-refractivity contribution < 1.29 is 26.4 Å². The Labute approximate surface area is 375 Å². The van der Waals surface area contributed by atoms with E-state index in [4.69, 9.17) is 4.98 Å². The molecule has 0 spiro atoms. The molecular weight excluding hydrogens is 873 g/mol. The highest BCUT2D eigenvalue weighted by Crippen LogP contribution is 2.39. The molecule has 20 nitrogen and oxygen atoms in total. The smallest absolute Gasteiger partial charge is 0.301 e. The summed E-state index contributed by atoms with van der Waals surface area (Å²) in [5, 5.41) is 27.6. The molecule has 65 heavy (non-hydrogen) atoms. The van der Waals surface area contributed by atoms with Crippen molar-refractivity contribution >= 4 is 71.0 Å². The highest BCUT2D eigenvalue weighted by atomic mass is 32.2. The molecule has 2 aliphatic rings. The molecule has 0 radical (unpaired) electrons. The van der Waals surface area contributed by atoms with Crippen LogP contribution in [0.1, 0.15) is 38.1 Å². The highest BCUT2D eigenvalue weighted by Gasteiger charge is 2.34. The standard InChI is InChI=1S/C43H46N14O6S2/c1-54(2)65(62,63)53-27-10-15-46-37(20-27)35-23-50-43-33(41(35)51-28-5-4-17-55(24-28)38(58)8-13-44)12-18-57(43)30-19-29(25-56(26-30)39(59)9-14-45)52-40-32-11-16-47-42(32)49-22-34(40)36-7-6-31(21-48-36)64(3,60)61/h6-7,10-12,15-16,18,20-23,28-30H,4-5,8-9,17,19,24-26H2,1-3H3,(H,46,53)(H,50,51)(H2,47,49,52)/t28-,29-,30?/m1/s1. The number of hydrogen-bond donors (Lipinski definition) is 4. The zero-order valence-corrected chi connectivity index (χ0v) is 37.4. The van der Waals surface area contributed by atoms with Crippen molar-refractivity contribution in [3.05, 3.63) is 73.6 Å². The lowest BCUT2D eigenvalue weighted by Gasteiger charge is -2.39. The monoisotopic (exact) mass is 918 g/mol. The van der Waals surface area contributed by atoms with Gasteiger partial charge >= 0.3 is 10.2 Å². The summed E-state index contributed by atoms with van der Waals surface area (Å²) in [6, 6.07) is 13.1. The molecule has 0 saturated carbocycles. The molecule has 8 heterocycles. The summed E-state index contributed by atoms with van der Waals surface area (Å²) in [5.41, 5.74) is 4.93. The van der Waals surface area contributed by atoms with Gasteiger partial charge in [0.05, 0.1) is 51.5 Å². The van der Waals surface area contributed by atoms with Gasteiger partial charge in [-0.15, -0.1) is 0 Å². The minimum Gasteiger partial charge on any atom is -0.379 e. The molecule has 1 unspecified atom stereocenters. The molecule has 6 aromatic rings. The van der Waals surface area contributed by atoms with Crippen LogP contribution in [0.15, 0.2) is 78.5 Å². The van der Waals surface area contributed by atoms with E-state index in [1.165, 1.54) is 32.6 Å². The van der Waals surface area contributed by atoms with Crippen LogP contribution in [0.5, 0.6) is 0 Å². The van der Waals surface area contributed by atoms with Crippen LogP contribution in [0, 0.1) is 22.7 Å². The lowest BCUT2D eigenvalue weighted by Crippen LogP contribution is -2.49. The summed E-state index contributed by atoms with van der Waals surface area (Å²) in [4.78, 5) is 51.6. The SMILES string of the molecule is CN(C)S(=O)(=O)Nc1ccnc(-c2cnc3c(ccn3C3C[C@@H](Nc4c(-c5ccc(S(C)(=O)=O)cn5)cnc5[nH]ccc45)CN(C(=O)CC#N)C3)c2N[C@@H]2CCCN(C(=O)CC#N)C2)c1. The number of anilines is 3. The van der Waals surface area contributed by atoms with Crippen LogP contribution in [-0.4, -0.2) is 131 Å². The third-order valence-corrected chi connectivity index (χ3v) is 14.2. The Morgan fingerprint density at radius 1 is 0.831 bits per heavy atom. The van der Waals surface area contributed by atoms with Crippen molar-refractivity contribution in [2.75, 3.05) is 61.9 Å². The van der Waals surface area contributed by atoms with Crippen molar-refractivity contribution in [3.63, 3.8) is 0 Å². The van der Waals surface area contributed by atoms with Crippen molar-refractivity contribution in [1.29, 1.82) is 10.5 Å². The van der Waals surface area contributed by atoms with Gasteiger partial charge in [0.15, 0.2) is 9.84 Å². The number of piperidine rings is 2. The number of hydrogen-bond acceptors (Lipinski definition) is 14. The Morgan fingerprint density at radius 3 is 2.26 bits per heavy atom. The van der Waals surface area contributed by atoms with Gasteiger partial charge in [-0.1, -0.05) is 0 Å². The van der Waals surface area contributed by atoms with Crippen molar-refractivity contribution in [3.8, 4) is 34.7 Å². The van der Waals surface area contributed by atoms with Crippen LogP contribution in [0.2, 0.25) is 0 Å². The van der Waals surface area contributed by atoms with Crippen molar-refractivity contribution in [2.45, 2.75) is 55.1 Å². The molecule has 2 saturated heterocycles. The summed E-state index contributed by atoms with van der Waals surface area (Å²) in [7, 11) is -4.48. The Morgan fingerprint density at radius 2 is 1.54 bits per heavy atom. The number of nitriles is 2. The van der Waals surface area contributed by atoms with Gasteiger partial charge in [-0.05, 0) is 55.7 Å². The Kier molecular flexibility index (Phi) is 12.4. The van der Waals surface area contributed by atoms with E-state index in [9.17, 15) is 36.9 Å². The van der Waals surface area contributed by atoms with Gasteiger partial charge in [-0.3, -0.25) is 24.3 Å². The Hall–Kier alpha value is -7.14. The molecule has 0 bridgehead atoms. The normalized spacial score (nSPS) is 18.0. The van der Waals surface area contributed by atoms with Gasteiger partial charge in [0.1, 0.15) is 24.1 Å². The number of carbonyl (C=O) groups excluding carboxylic acids is 2. The summed E-state index contributed by atoms with van der Waals surface area (Å²) in [6.45, 7) is 1.44. The topological polar surface area (TPSA) is 268 Å². The van der Waals surface area contributed by atoms with Gasteiger partial charge in [-0.2, -0.15) is 23.2 Å². The molecule has 4 N–H and O–H groups in total. The first kappa shape index (κ1) is 44.5. The Balaban J connectivity index is 1.18. The fourth-order valence-electron chi connectivity index (χ4n) is 8.42. The lowest BCUT2D eigenvalue weighted by molar-refractivity contribution is -0.132. The van der Waals surface area contributed by atoms with E-state index in [0.29, 0.717) is 76.5 Å². The summed E-state index contributed by atoms with van der Waals surface area (Å²) >= 11 is 0. The van der Waals surface area contributed by atoms with Gasteiger partial charge < -0.3 is 30.0 Å². The van der Waals surface area contributed by atoms with E-state index in [1.807, 2.05) is 35.0 Å². The zero-order valence-electron chi connectivity index (χ0n) is 35.8. The van der Waals surface area contributed by atoms with E-state index in [0.717, 1.165) is 22.4 Å². The molecule has 2 aliphatic heterocycles. The van der Waals surface area contributed by atoms with Crippen LogP contribution in [0.25, 0.3) is 44.6 Å². The van der Waals surface area contributed by atoms with E-state index in [2.05, 4.69) is 35.3 Å². The minimum atomic E-state index is -3.83. The maximum atomic E-state index is 13.6. The number of rotatable bonds is 13. The number of aromatic nitrogens is 6. The largest absolute Gasteiger partial charge is 0.379 e. The quantitative estimate of drug-likeness (QED) is 0.127. The third-order valence-electron chi connectivity index (χ3n) is 11.6. The average Bonchev–Trinajstić information content (AvgIpc) is 3.95. The van der Waals surface area contributed by atoms with Crippen molar-refractivity contribution in [1.82, 2.24) is 43.6 Å². The number of nitrogens with zero attached hydrogens (tertiary/aromatic N) is 10. The van der Waals surface area contributed by atoms with Crippen molar-refractivity contribution in [2.24, 2.45) is 0 Å². The second kappa shape index (κ2) is 18.2. The predicted octanol–water partition coefficient (Wildman–Crippen LogP) is 4.14. The summed E-state index contributed by atoms with van der Waals surface area (Å²) < 4.78 is 55.7. The van der Waals surface area contributed by atoms with E-state index in [-0.39, 0.29) is 66.5 Å². The van der Waals surface area contributed by atoms with Crippen LogP contribution >= 0.6 is 0 Å². The Bertz CT molecular complexity index is 3100. The maximum Gasteiger partial charge on any atom is 0.301 e. The summed E-state index contributed by atoms with van der Waals surface area (Å²) in [6.07, 6.45) is 12.3. The van der Waals surface area contributed by atoms with Gasteiger partial charge in [0.2, 0.25) is 11.8 Å². The zero-order chi connectivity index (χ0) is 46.0. The van der Waals surface area contributed by atoms with E-state index in [1.54, 1.807) is 46.6 Å². The van der Waals surface area contributed by atoms with Crippen LogP contribution in [0.4, 0.5) is 17.1 Å². The number of H-pyrrole nitrogens is 1. The molecule has 2 fully saturated rings. The van der Waals surface area contributed by atoms with Crippen LogP contribution < -0.4 is 15.4 Å². The molecule has 2 amide bonds. The highest BCUT2D eigenvalue weighted by molar-refractivity contribution is 7.90. The number of nitrogens with one attached hydrogen (secondary N) is 4. The first-order chi connectivity index (χ1) is 31.1. The number of sulfone groups is 1. The second-order valence-electron chi connectivity index (χ2n) is 16.3. The van der Waals surface area contributed by atoms with Gasteiger partial charge in [0.25, 0.3) is 0 Å². The fraction of sp³-hybridized carbons (Fsp3) is 0.349. The number of pyridine rings is 4. The fourth-order valence-corrected chi connectivity index (χ4v) is 9.59. The van der Waals surface area contributed by atoms with Gasteiger partial charge in [-0.25, -0.2) is 18.4 Å². The molecule has 6 aromatic heterocycles. The number of aromatic amines is 1. The predicted molar refractivity (Wildman–Crippen MR) is 243 cm³/mol. The molecule has 22 heteroatoms. The first-order valence-corrected chi connectivity index (χ1v) is 24.1. The first-order valence-electron chi connectivity index (χ1n) is 20.7. The van der Waals surface area contributed by atoms with E-state index >= 15 is 0 Å². The molecule has 0 aliphatic carbocycles. The summed E-state index contributed by atoms with van der Waals surface area (Å²) in [5.74, 6) is -0.581. The maximum absolute atomic E-state index is 13.6.